The first kappa shape index (κ1) is 13.0. The molecule has 3 nitrogen and oxygen atoms in total. The maximum Gasteiger partial charge on any atom is 0.0625 e. The summed E-state index contributed by atoms with van der Waals surface area (Å²) in [6.45, 7) is 6.62. The molecule has 0 bridgehead atoms. The van der Waals surface area contributed by atoms with E-state index in [0.717, 1.165) is 13.1 Å². The highest BCUT2D eigenvalue weighted by molar-refractivity contribution is 5.11. The molecule has 0 radical (unpaired) electrons. The fraction of sp³-hybridized carbons (Fsp3) is 0.600. The van der Waals surface area contributed by atoms with Crippen LogP contribution in [0.15, 0.2) is 24.5 Å². The Balaban J connectivity index is 2.10. The van der Waals surface area contributed by atoms with Gasteiger partial charge in [-0.1, -0.05) is 0 Å². The zero-order valence-electron chi connectivity index (χ0n) is 11.3. The van der Waals surface area contributed by atoms with Crippen molar-refractivity contribution in [2.24, 2.45) is 5.92 Å². The molecule has 1 atom stereocenters. The van der Waals surface area contributed by atoms with E-state index in [1.165, 1.54) is 18.4 Å². The predicted molar refractivity (Wildman–Crippen MR) is 71.7 cm³/mol. The smallest absolute Gasteiger partial charge is 0.0625 e. The van der Waals surface area contributed by atoms with Gasteiger partial charge in [0.2, 0.25) is 0 Å². The van der Waals surface area contributed by atoms with Crippen molar-refractivity contribution < 1.29 is 0 Å². The second-order valence-electron chi connectivity index (χ2n) is 5.63. The van der Waals surface area contributed by atoms with Crippen molar-refractivity contribution in [3.05, 3.63) is 30.1 Å². The minimum atomic E-state index is 0.108. The monoisotopic (exact) mass is 243 g/mol. The molecule has 96 valence electrons. The minimum absolute atomic E-state index is 0.108. The number of hydrogen-bond acceptors (Lipinski definition) is 3. The molecule has 1 aromatic rings. The van der Waals surface area contributed by atoms with Gasteiger partial charge in [0, 0.05) is 30.9 Å². The number of nitrogens with zero attached hydrogens (tertiary/aromatic N) is 3. The first-order valence-electron chi connectivity index (χ1n) is 6.65. The van der Waals surface area contributed by atoms with Gasteiger partial charge in [0.05, 0.1) is 6.07 Å². The first-order valence-corrected chi connectivity index (χ1v) is 6.65. The number of likely N-dealkylation sites (tertiary alicyclic amines) is 1. The second-order valence-corrected chi connectivity index (χ2v) is 5.63. The van der Waals surface area contributed by atoms with Crippen LogP contribution in [0.3, 0.4) is 0 Å². The summed E-state index contributed by atoms with van der Waals surface area (Å²) in [5, 5.41) is 8.95. The van der Waals surface area contributed by atoms with E-state index in [4.69, 9.17) is 5.26 Å². The van der Waals surface area contributed by atoms with Crippen LogP contribution in [-0.4, -0.2) is 22.0 Å². The molecule has 1 fully saturated rings. The Hall–Kier alpha value is -1.40. The van der Waals surface area contributed by atoms with E-state index in [1.807, 2.05) is 12.4 Å². The van der Waals surface area contributed by atoms with Crippen molar-refractivity contribution in [3.8, 4) is 6.07 Å². The number of rotatable bonds is 3. The Kier molecular flexibility index (Phi) is 3.98. The summed E-state index contributed by atoms with van der Waals surface area (Å²) in [6.07, 6.45) is 6.73. The lowest BCUT2D eigenvalue weighted by molar-refractivity contribution is 0.0170. The third-order valence-electron chi connectivity index (χ3n) is 4.26. The quantitative estimate of drug-likeness (QED) is 0.819. The summed E-state index contributed by atoms with van der Waals surface area (Å²) >= 11 is 0. The number of nitriles is 1. The SMILES string of the molecule is CC1(C)C(CC#N)CCCN1Cc1ccncc1. The standard InChI is InChI=1S/C15H21N3/c1-15(2)14(5-8-16)4-3-11-18(15)12-13-6-9-17-10-7-13/h6-7,9-10,14H,3-5,11-12H2,1-2H3. The van der Waals surface area contributed by atoms with Gasteiger partial charge in [0.1, 0.15) is 0 Å². The van der Waals surface area contributed by atoms with E-state index in [2.05, 4.69) is 41.9 Å². The zero-order chi connectivity index (χ0) is 13.0. The van der Waals surface area contributed by atoms with Gasteiger partial charge < -0.3 is 0 Å². The van der Waals surface area contributed by atoms with E-state index in [0.29, 0.717) is 12.3 Å². The highest BCUT2D eigenvalue weighted by Gasteiger charge is 2.37. The van der Waals surface area contributed by atoms with Crippen LogP contribution in [0.2, 0.25) is 0 Å². The van der Waals surface area contributed by atoms with Crippen LogP contribution in [0.5, 0.6) is 0 Å². The number of hydrogen-bond donors (Lipinski definition) is 0. The van der Waals surface area contributed by atoms with Crippen molar-refractivity contribution in [1.29, 1.82) is 5.26 Å². The van der Waals surface area contributed by atoms with Gasteiger partial charge in [0.15, 0.2) is 0 Å². The molecular formula is C15H21N3. The molecule has 2 heterocycles. The molecular weight excluding hydrogens is 222 g/mol. The van der Waals surface area contributed by atoms with Crippen molar-refractivity contribution >= 4 is 0 Å². The summed E-state index contributed by atoms with van der Waals surface area (Å²) in [5.41, 5.74) is 1.41. The molecule has 0 saturated carbocycles. The molecule has 0 aromatic carbocycles. The van der Waals surface area contributed by atoms with E-state index < -0.39 is 0 Å². The Morgan fingerprint density at radius 1 is 1.44 bits per heavy atom. The highest BCUT2D eigenvalue weighted by atomic mass is 15.2. The van der Waals surface area contributed by atoms with E-state index in [9.17, 15) is 0 Å². The molecule has 1 saturated heterocycles. The lowest BCUT2D eigenvalue weighted by Gasteiger charge is -2.47. The van der Waals surface area contributed by atoms with Gasteiger partial charge in [-0.3, -0.25) is 9.88 Å². The van der Waals surface area contributed by atoms with E-state index >= 15 is 0 Å². The summed E-state index contributed by atoms with van der Waals surface area (Å²) in [4.78, 5) is 6.57. The van der Waals surface area contributed by atoms with Gasteiger partial charge in [-0.15, -0.1) is 0 Å². The van der Waals surface area contributed by atoms with Crippen molar-refractivity contribution in [3.63, 3.8) is 0 Å². The van der Waals surface area contributed by atoms with Crippen LogP contribution in [-0.2, 0) is 6.54 Å². The van der Waals surface area contributed by atoms with Crippen LogP contribution in [0.4, 0.5) is 0 Å². The summed E-state index contributed by atoms with van der Waals surface area (Å²) < 4.78 is 0. The van der Waals surface area contributed by atoms with Crippen LogP contribution in [0, 0.1) is 17.2 Å². The molecule has 3 heteroatoms. The topological polar surface area (TPSA) is 39.9 Å². The predicted octanol–water partition coefficient (Wildman–Crippen LogP) is 2.99. The van der Waals surface area contributed by atoms with Gasteiger partial charge in [-0.05, 0) is 56.8 Å². The van der Waals surface area contributed by atoms with E-state index in [1.54, 1.807) is 0 Å². The zero-order valence-corrected chi connectivity index (χ0v) is 11.3. The third-order valence-corrected chi connectivity index (χ3v) is 4.26. The first-order chi connectivity index (χ1) is 8.64. The van der Waals surface area contributed by atoms with Crippen molar-refractivity contribution in [1.82, 2.24) is 9.88 Å². The molecule has 0 amide bonds. The maximum atomic E-state index is 8.95. The highest BCUT2D eigenvalue weighted by Crippen LogP contribution is 2.36. The van der Waals surface area contributed by atoms with Crippen molar-refractivity contribution in [2.45, 2.75) is 45.2 Å². The molecule has 0 N–H and O–H groups in total. The van der Waals surface area contributed by atoms with Gasteiger partial charge in [-0.2, -0.15) is 5.26 Å². The van der Waals surface area contributed by atoms with E-state index in [-0.39, 0.29) is 5.54 Å². The fourth-order valence-electron chi connectivity index (χ4n) is 2.88. The number of piperidine rings is 1. The lowest BCUT2D eigenvalue weighted by Crippen LogP contribution is -2.52. The second kappa shape index (κ2) is 5.49. The minimum Gasteiger partial charge on any atom is -0.294 e. The van der Waals surface area contributed by atoms with Gasteiger partial charge >= 0.3 is 0 Å². The molecule has 1 aliphatic heterocycles. The average Bonchev–Trinajstić information content (AvgIpc) is 2.36. The van der Waals surface area contributed by atoms with Crippen molar-refractivity contribution in [2.75, 3.05) is 6.54 Å². The summed E-state index contributed by atoms with van der Waals surface area (Å²) in [6, 6.07) is 6.49. The average molecular weight is 243 g/mol. The fourth-order valence-corrected chi connectivity index (χ4v) is 2.88. The summed E-state index contributed by atoms with van der Waals surface area (Å²) in [7, 11) is 0. The molecule has 0 aliphatic carbocycles. The molecule has 0 spiro atoms. The molecule has 2 rings (SSSR count). The molecule has 1 aliphatic rings. The third kappa shape index (κ3) is 2.70. The maximum absolute atomic E-state index is 8.95. The Bertz CT molecular complexity index is 419. The lowest BCUT2D eigenvalue weighted by atomic mass is 9.77. The molecule has 18 heavy (non-hydrogen) atoms. The van der Waals surface area contributed by atoms with Crippen LogP contribution in [0.25, 0.3) is 0 Å². The Morgan fingerprint density at radius 2 is 2.17 bits per heavy atom. The molecule has 1 aromatic heterocycles. The van der Waals surface area contributed by atoms with Gasteiger partial charge in [-0.25, -0.2) is 0 Å². The normalized spacial score (nSPS) is 23.5. The number of aromatic nitrogens is 1. The van der Waals surface area contributed by atoms with Crippen LogP contribution >= 0.6 is 0 Å². The Labute approximate surface area is 109 Å². The van der Waals surface area contributed by atoms with Crippen LogP contribution < -0.4 is 0 Å². The number of pyridine rings is 1. The van der Waals surface area contributed by atoms with Gasteiger partial charge in [0.25, 0.3) is 0 Å². The summed E-state index contributed by atoms with van der Waals surface area (Å²) in [5.74, 6) is 0.484. The Morgan fingerprint density at radius 3 is 2.83 bits per heavy atom. The molecule has 1 unspecified atom stereocenters. The van der Waals surface area contributed by atoms with Crippen LogP contribution in [0.1, 0.15) is 38.7 Å². The largest absolute Gasteiger partial charge is 0.294 e.